The zero-order valence-electron chi connectivity index (χ0n) is 21.4. The van der Waals surface area contributed by atoms with Crippen molar-refractivity contribution >= 4 is 22.9 Å². The minimum atomic E-state index is -3.21. The smallest absolute Gasteiger partial charge is 0.227 e. The highest BCUT2D eigenvalue weighted by molar-refractivity contribution is 5.84. The maximum absolute atomic E-state index is 9.55. The van der Waals surface area contributed by atoms with Crippen LogP contribution in [0.15, 0.2) is 36.7 Å². The number of fused-ring (bicyclic) bond motifs is 1. The molecule has 7 nitrogen and oxygen atoms in total. The fourth-order valence-corrected chi connectivity index (χ4v) is 2.49. The second-order valence-electron chi connectivity index (χ2n) is 5.80. The number of aromatic nitrogens is 4. The first kappa shape index (κ1) is 11.1. The van der Waals surface area contributed by atoms with Crippen LogP contribution in [0.25, 0.3) is 11.2 Å². The third kappa shape index (κ3) is 3.94. The van der Waals surface area contributed by atoms with Crippen molar-refractivity contribution in [3.8, 4) is 0 Å². The number of anilines is 2. The van der Waals surface area contributed by atoms with Gasteiger partial charge < -0.3 is 20.3 Å². The molecule has 0 aliphatic carbocycles. The van der Waals surface area contributed by atoms with Crippen LogP contribution in [0.4, 0.5) is 11.8 Å². The van der Waals surface area contributed by atoms with Crippen LogP contribution in [-0.2, 0) is 6.54 Å². The van der Waals surface area contributed by atoms with Crippen LogP contribution in [0, 0.1) is 0 Å². The van der Waals surface area contributed by atoms with Gasteiger partial charge in [-0.1, -0.05) is 37.3 Å². The normalized spacial score (nSPS) is 17.8. The molecule has 1 aromatic carbocycles. The Balaban J connectivity index is 2.17. The first-order chi connectivity index (χ1) is 15.4. The molecule has 7 heteroatoms. The van der Waals surface area contributed by atoms with Crippen LogP contribution in [0.5, 0.6) is 0 Å². The summed E-state index contributed by atoms with van der Waals surface area (Å²) in [6.45, 7) is -4.40. The molecular formula is C19H26N6O. The summed E-state index contributed by atoms with van der Waals surface area (Å²) in [5.74, 6) is 0.274. The molecule has 0 unspecified atom stereocenters. The van der Waals surface area contributed by atoms with E-state index in [1.807, 2.05) is 37.3 Å². The van der Waals surface area contributed by atoms with Crippen LogP contribution in [0.2, 0.25) is 0 Å². The summed E-state index contributed by atoms with van der Waals surface area (Å²) < 4.78 is 56.0. The molecule has 0 bridgehead atoms. The Kier molecular flexibility index (Phi) is 3.48. The number of nitrogens with one attached hydrogen (secondary N) is 2. The van der Waals surface area contributed by atoms with E-state index in [0.29, 0.717) is 13.0 Å². The van der Waals surface area contributed by atoms with E-state index in [-0.39, 0.29) is 35.6 Å². The average molecular weight is 362 g/mol. The summed E-state index contributed by atoms with van der Waals surface area (Å²) in [5, 5.41) is 15.6. The maximum Gasteiger partial charge on any atom is 0.227 e. The van der Waals surface area contributed by atoms with Crippen LogP contribution >= 0.6 is 0 Å². The number of imidazole rings is 1. The fourth-order valence-electron chi connectivity index (χ4n) is 2.49. The predicted molar refractivity (Wildman–Crippen MR) is 104 cm³/mol. The quantitative estimate of drug-likeness (QED) is 0.571. The van der Waals surface area contributed by atoms with Gasteiger partial charge in [-0.2, -0.15) is 9.97 Å². The van der Waals surface area contributed by atoms with Crippen LogP contribution in [0.3, 0.4) is 0 Å². The Morgan fingerprint density at radius 1 is 1.27 bits per heavy atom. The van der Waals surface area contributed by atoms with Crippen molar-refractivity contribution in [1.29, 1.82) is 0 Å². The first-order valence-corrected chi connectivity index (χ1v) is 8.33. The van der Waals surface area contributed by atoms with Gasteiger partial charge in [0.2, 0.25) is 5.95 Å². The van der Waals surface area contributed by atoms with Gasteiger partial charge in [-0.15, -0.1) is 0 Å². The van der Waals surface area contributed by atoms with Crippen molar-refractivity contribution in [2.45, 2.75) is 45.7 Å². The Morgan fingerprint density at radius 2 is 2.08 bits per heavy atom. The molecule has 0 saturated carbocycles. The molecule has 3 aromatic rings. The van der Waals surface area contributed by atoms with E-state index in [9.17, 15) is 5.11 Å². The van der Waals surface area contributed by atoms with Crippen molar-refractivity contribution in [2.24, 2.45) is 0 Å². The van der Waals surface area contributed by atoms with E-state index in [1.54, 1.807) is 0 Å². The zero-order chi connectivity index (χ0) is 24.4. The van der Waals surface area contributed by atoms with E-state index in [0.717, 1.165) is 16.5 Å². The molecule has 2 aromatic heterocycles. The Hall–Kier alpha value is -2.67. The maximum atomic E-state index is 9.55. The second kappa shape index (κ2) is 8.14. The van der Waals surface area contributed by atoms with Gasteiger partial charge in [0.25, 0.3) is 0 Å². The summed E-state index contributed by atoms with van der Waals surface area (Å²) in [5.41, 5.74) is 0.941. The average Bonchev–Trinajstić information content (AvgIpc) is 3.18. The number of hydrogen-bond donors (Lipinski definition) is 3. The van der Waals surface area contributed by atoms with Gasteiger partial charge in [-0.3, -0.25) is 0 Å². The Morgan fingerprint density at radius 3 is 2.77 bits per heavy atom. The lowest BCUT2D eigenvalue weighted by Crippen LogP contribution is -2.24. The standard InChI is InChI=1S/C19H26N6O/c1-4-15(11-26)22-19-23-17(20-10-14-8-6-5-7-9-14)16-18(24-19)25(12-21-16)13(2)3/h5-9,12-13,15,26H,4,10-11H2,1-3H3,(H2,20,22,23,24)/t15-/m1/s1/i2D3,3D3,13D. The third-order valence-electron chi connectivity index (χ3n) is 3.99. The largest absolute Gasteiger partial charge is 0.394 e. The van der Waals surface area contributed by atoms with E-state index in [2.05, 4.69) is 25.6 Å². The van der Waals surface area contributed by atoms with Gasteiger partial charge in [-0.05, 0) is 25.7 Å². The molecule has 0 spiro atoms. The predicted octanol–water partition coefficient (Wildman–Crippen LogP) is 3.20. The van der Waals surface area contributed by atoms with E-state index in [1.165, 1.54) is 0 Å². The molecule has 0 radical (unpaired) electrons. The molecule has 0 aliphatic rings. The highest BCUT2D eigenvalue weighted by atomic mass is 16.3. The highest BCUT2D eigenvalue weighted by Gasteiger charge is 2.16. The number of aliphatic hydroxyl groups is 1. The highest BCUT2D eigenvalue weighted by Crippen LogP contribution is 2.24. The topological polar surface area (TPSA) is 87.9 Å². The summed E-state index contributed by atoms with van der Waals surface area (Å²) in [4.78, 5) is 12.9. The molecule has 3 N–H and O–H groups in total. The van der Waals surface area contributed by atoms with E-state index >= 15 is 0 Å². The molecule has 2 heterocycles. The third-order valence-corrected chi connectivity index (χ3v) is 3.99. The lowest BCUT2D eigenvalue weighted by molar-refractivity contribution is 0.271. The molecule has 26 heavy (non-hydrogen) atoms. The van der Waals surface area contributed by atoms with Crippen molar-refractivity contribution in [3.05, 3.63) is 42.2 Å². The summed E-state index contributed by atoms with van der Waals surface area (Å²) in [6.07, 6.45) is 1.54. The number of nitrogens with zero attached hydrogens (tertiary/aromatic N) is 4. The van der Waals surface area contributed by atoms with Crippen LogP contribution in [0.1, 0.15) is 48.2 Å². The monoisotopic (exact) mass is 361 g/mol. The lowest BCUT2D eigenvalue weighted by atomic mass is 10.2. The van der Waals surface area contributed by atoms with Gasteiger partial charge in [0.05, 0.1) is 20.3 Å². The Bertz CT molecular complexity index is 1070. The Labute approximate surface area is 163 Å². The molecule has 3 rings (SSSR count). The fraction of sp³-hybridized carbons (Fsp3) is 0.421. The molecule has 0 saturated heterocycles. The number of aliphatic hydroxyl groups excluding tert-OH is 1. The van der Waals surface area contributed by atoms with Crippen LogP contribution in [-0.4, -0.2) is 37.3 Å². The van der Waals surface area contributed by atoms with Crippen molar-refractivity contribution in [1.82, 2.24) is 19.5 Å². The van der Waals surface area contributed by atoms with Gasteiger partial charge in [0, 0.05) is 20.8 Å². The summed E-state index contributed by atoms with van der Waals surface area (Å²) >= 11 is 0. The lowest BCUT2D eigenvalue weighted by Gasteiger charge is -2.16. The molecule has 0 fully saturated rings. The van der Waals surface area contributed by atoms with Gasteiger partial charge >= 0.3 is 0 Å². The van der Waals surface area contributed by atoms with Crippen molar-refractivity contribution < 1.29 is 14.7 Å². The number of rotatable bonds is 8. The SMILES string of the molecule is [2H]C([2H])([2H])C([2H])(n1cnc2c(NCc3ccccc3)nc(N[C@H](CC)CO)nc21)C([2H])([2H])[2H]. The minimum absolute atomic E-state index is 0.0409. The van der Waals surface area contributed by atoms with Gasteiger partial charge in [0.15, 0.2) is 17.0 Å². The van der Waals surface area contributed by atoms with E-state index in [4.69, 9.17) is 9.60 Å². The van der Waals surface area contributed by atoms with Gasteiger partial charge in [0.1, 0.15) is 0 Å². The molecule has 0 amide bonds. The second-order valence-corrected chi connectivity index (χ2v) is 5.80. The molecular weight excluding hydrogens is 328 g/mol. The zero-order valence-corrected chi connectivity index (χ0v) is 14.4. The number of benzene rings is 1. The number of hydrogen-bond acceptors (Lipinski definition) is 6. The van der Waals surface area contributed by atoms with Gasteiger partial charge in [-0.25, -0.2) is 4.98 Å². The van der Waals surface area contributed by atoms with Crippen molar-refractivity contribution in [2.75, 3.05) is 17.2 Å². The summed E-state index contributed by atoms with van der Waals surface area (Å²) in [7, 11) is 0. The van der Waals surface area contributed by atoms with Crippen LogP contribution < -0.4 is 10.6 Å². The summed E-state index contributed by atoms with van der Waals surface area (Å²) in [6, 6.07) is 6.03. The first-order valence-electron chi connectivity index (χ1n) is 11.8. The molecule has 1 atom stereocenters. The molecule has 0 aliphatic heterocycles. The van der Waals surface area contributed by atoms with Crippen molar-refractivity contribution in [3.63, 3.8) is 0 Å². The van der Waals surface area contributed by atoms with E-state index < -0.39 is 19.7 Å². The minimum Gasteiger partial charge on any atom is -0.394 e. The molecule has 138 valence electrons.